The summed E-state index contributed by atoms with van der Waals surface area (Å²) in [7, 11) is 4.32. The van der Waals surface area contributed by atoms with E-state index < -0.39 is 13.1 Å². The van der Waals surface area contributed by atoms with Crippen LogP contribution in [0.4, 0.5) is 0 Å². The number of likely N-dealkylation sites (N-methyl/N-ethyl adjacent to an activating group) is 1. The highest BCUT2D eigenvalue weighted by atomic mass is 31.2. The molecule has 0 heterocycles. The summed E-state index contributed by atoms with van der Waals surface area (Å²) in [4.78, 5) is 15.7. The monoisotopic (exact) mass is 722 g/mol. The van der Waals surface area contributed by atoms with Gasteiger partial charge in [0.1, 0.15) is 23.3 Å². The van der Waals surface area contributed by atoms with Crippen LogP contribution in [0.3, 0.4) is 0 Å². The van der Waals surface area contributed by atoms with E-state index >= 15 is 0 Å². The highest BCUT2D eigenvalue weighted by molar-refractivity contribution is 7.87. The van der Waals surface area contributed by atoms with Crippen molar-refractivity contribution in [1.29, 1.82) is 0 Å². The van der Waals surface area contributed by atoms with Crippen LogP contribution in [0.1, 0.15) is 52.0 Å². The molecule has 0 saturated heterocycles. The van der Waals surface area contributed by atoms with Crippen molar-refractivity contribution in [3.8, 4) is 17.2 Å². The number of hydrogen-bond acceptors (Lipinski definition) is 7. The molecule has 4 aromatic carbocycles. The fourth-order valence-corrected chi connectivity index (χ4v) is 10.7. The first-order chi connectivity index (χ1) is 25.0. The minimum Gasteiger partial charge on any atom is -0.497 e. The third kappa shape index (κ3) is 9.02. The molecule has 9 heteroatoms. The van der Waals surface area contributed by atoms with Gasteiger partial charge in [-0.25, -0.2) is 0 Å². The normalized spacial score (nSPS) is 16.6. The Kier molecular flexibility index (Phi) is 12.8. The van der Waals surface area contributed by atoms with Crippen LogP contribution in [0.2, 0.25) is 0 Å². The number of rotatable bonds is 14. The number of hydrogen-bond donors (Lipinski definition) is 2. The number of benzene rings is 4. The van der Waals surface area contributed by atoms with Gasteiger partial charge in [0.2, 0.25) is 5.91 Å². The lowest BCUT2D eigenvalue weighted by molar-refractivity contribution is -0.135. The zero-order chi connectivity index (χ0) is 37.3. The fourth-order valence-electron chi connectivity index (χ4n) is 6.93. The van der Waals surface area contributed by atoms with Gasteiger partial charge < -0.3 is 29.7 Å². The Morgan fingerprint density at radius 3 is 1.69 bits per heavy atom. The van der Waals surface area contributed by atoms with Gasteiger partial charge in [-0.3, -0.25) is 9.54 Å². The third-order valence-corrected chi connectivity index (χ3v) is 13.6. The predicted octanol–water partition coefficient (Wildman–Crippen LogP) is 7.22. The molecular weight excluding hydrogens is 667 g/mol. The highest BCUT2D eigenvalue weighted by Gasteiger charge is 2.36. The summed E-state index contributed by atoms with van der Waals surface area (Å²) < 4.78 is 22.7. The molecule has 0 radical (unpaired) electrons. The Morgan fingerprint density at radius 1 is 0.788 bits per heavy atom. The van der Waals surface area contributed by atoms with Crippen LogP contribution in [0.5, 0.6) is 17.2 Å². The van der Waals surface area contributed by atoms with Crippen LogP contribution in [0.15, 0.2) is 120 Å². The first kappa shape index (κ1) is 38.5. The molecule has 0 bridgehead atoms. The largest absolute Gasteiger partial charge is 0.497 e. The molecule has 276 valence electrons. The molecule has 3 atom stereocenters. The van der Waals surface area contributed by atoms with Crippen molar-refractivity contribution in [2.24, 2.45) is 10.2 Å². The number of nitrogens with zero attached hydrogens (tertiary/aromatic N) is 2. The Hall–Kier alpha value is -4.68. The van der Waals surface area contributed by atoms with Crippen molar-refractivity contribution in [1.82, 2.24) is 15.5 Å². The maximum absolute atomic E-state index is 13.9. The molecule has 0 spiro atoms. The van der Waals surface area contributed by atoms with Crippen molar-refractivity contribution < 1.29 is 19.0 Å². The smallest absolute Gasteiger partial charge is 0.245 e. The van der Waals surface area contributed by atoms with E-state index in [4.69, 9.17) is 19.0 Å². The number of ether oxygens (including phenoxy) is 3. The topological polar surface area (TPSA) is 84.4 Å². The van der Waals surface area contributed by atoms with Crippen LogP contribution in [0.25, 0.3) is 0 Å². The number of amides is 1. The van der Waals surface area contributed by atoms with Crippen molar-refractivity contribution in [2.45, 2.75) is 71.1 Å². The van der Waals surface area contributed by atoms with Crippen LogP contribution >= 0.6 is 7.05 Å². The van der Waals surface area contributed by atoms with Crippen LogP contribution < -0.4 is 40.8 Å². The second-order valence-electron chi connectivity index (χ2n) is 14.5. The molecule has 0 aliphatic heterocycles. The molecule has 1 aliphatic rings. The van der Waals surface area contributed by atoms with E-state index in [1.807, 2.05) is 73.8 Å². The van der Waals surface area contributed by atoms with E-state index in [0.717, 1.165) is 64.4 Å². The van der Waals surface area contributed by atoms with E-state index in [2.05, 4.69) is 74.4 Å². The second-order valence-corrected chi connectivity index (χ2v) is 17.6. The fraction of sp³-hybridized carbons (Fsp3) is 0.372. The van der Waals surface area contributed by atoms with Gasteiger partial charge in [0.25, 0.3) is 0 Å². The Morgan fingerprint density at radius 2 is 1.25 bits per heavy atom. The summed E-state index contributed by atoms with van der Waals surface area (Å²) >= 11 is 0. The van der Waals surface area contributed by atoms with Crippen molar-refractivity contribution in [2.75, 3.05) is 28.4 Å². The van der Waals surface area contributed by atoms with E-state index in [1.165, 1.54) is 0 Å². The maximum Gasteiger partial charge on any atom is 0.245 e. The van der Waals surface area contributed by atoms with Crippen LogP contribution in [-0.2, 0) is 11.3 Å². The lowest BCUT2D eigenvalue weighted by atomic mass is 9.85. The SMILES string of the molecule is C=C(N[C@H]1CCCC[C@@H]1N=P(c1ccc(OC)cc1)(c1ccc(OC)cc1)c1ccc(OC)cc1)N[C@@H](C(=O)N(C)Cc1ccccc1)C(C)(C)C. The molecule has 4 aromatic rings. The summed E-state index contributed by atoms with van der Waals surface area (Å²) in [5.41, 5.74) is 0.729. The van der Waals surface area contributed by atoms with E-state index in [9.17, 15) is 4.79 Å². The zero-order valence-electron chi connectivity index (χ0n) is 31.8. The highest BCUT2D eigenvalue weighted by Crippen LogP contribution is 2.49. The van der Waals surface area contributed by atoms with Gasteiger partial charge >= 0.3 is 0 Å². The molecule has 1 aliphatic carbocycles. The van der Waals surface area contributed by atoms with E-state index in [-0.39, 0.29) is 23.4 Å². The summed E-state index contributed by atoms with van der Waals surface area (Å²) in [6.07, 6.45) is 4.02. The van der Waals surface area contributed by atoms with Gasteiger partial charge in [-0.1, -0.05) is 70.5 Å². The standard InChI is InChI=1S/C43H55N4O4P/c1-31(45-41(43(2,3)4)42(48)47(5)30-32-14-10-9-11-15-32)44-39-16-12-13-17-40(39)46-52(36-24-18-33(49-6)19-25-36,37-26-20-34(50-7)21-27-37)38-28-22-35(51-8)23-29-38/h9-11,14-15,18-29,39-41,44-45H,1,12-13,16-17,30H2,2-8H3/t39-,40-,41-/m0/s1. The molecule has 52 heavy (non-hydrogen) atoms. The van der Waals surface area contributed by atoms with E-state index in [1.54, 1.807) is 26.2 Å². The third-order valence-electron chi connectivity index (χ3n) is 9.82. The Bertz CT molecular complexity index is 1700. The molecule has 0 unspecified atom stereocenters. The maximum atomic E-state index is 13.9. The first-order valence-electron chi connectivity index (χ1n) is 18.0. The van der Waals surface area contributed by atoms with Gasteiger partial charge in [0.05, 0.1) is 40.2 Å². The molecule has 5 rings (SSSR count). The summed E-state index contributed by atoms with van der Waals surface area (Å²) in [5, 5.41) is 10.6. The van der Waals surface area contributed by atoms with Crippen molar-refractivity contribution >= 4 is 28.9 Å². The van der Waals surface area contributed by atoms with Gasteiger partial charge in [-0.05, 0) is 96.6 Å². The number of methoxy groups -OCH3 is 3. The van der Waals surface area contributed by atoms with Gasteiger partial charge in [-0.15, -0.1) is 0 Å². The minimum atomic E-state index is -2.60. The Balaban J connectivity index is 1.53. The number of carbonyl (C=O) groups is 1. The van der Waals surface area contributed by atoms with Crippen molar-refractivity contribution in [3.05, 3.63) is 121 Å². The average Bonchev–Trinajstić information content (AvgIpc) is 3.16. The molecule has 1 amide bonds. The van der Waals surface area contributed by atoms with Crippen molar-refractivity contribution in [3.63, 3.8) is 0 Å². The van der Waals surface area contributed by atoms with Gasteiger partial charge in [0.15, 0.2) is 0 Å². The molecular formula is C43H55N4O4P. The van der Waals surface area contributed by atoms with Gasteiger partial charge in [0, 0.05) is 35.5 Å². The molecule has 2 N–H and O–H groups in total. The summed E-state index contributed by atoms with van der Waals surface area (Å²) in [6, 6.07) is 34.6. The summed E-state index contributed by atoms with van der Waals surface area (Å²) in [6.45, 7) is 11.2. The zero-order valence-corrected chi connectivity index (χ0v) is 32.7. The van der Waals surface area contributed by atoms with E-state index in [0.29, 0.717) is 12.4 Å². The van der Waals surface area contributed by atoms with Gasteiger partial charge in [-0.2, -0.15) is 0 Å². The average molecular weight is 723 g/mol. The first-order valence-corrected chi connectivity index (χ1v) is 19.8. The predicted molar refractivity (Wildman–Crippen MR) is 215 cm³/mol. The quantitative estimate of drug-likeness (QED) is 0.134. The second kappa shape index (κ2) is 17.2. The van der Waals surface area contributed by atoms with Crippen LogP contribution in [0, 0.1) is 5.41 Å². The molecule has 1 saturated carbocycles. The lowest BCUT2D eigenvalue weighted by Crippen LogP contribution is -2.54. The molecule has 8 nitrogen and oxygen atoms in total. The Labute approximate surface area is 310 Å². The minimum absolute atomic E-state index is 0.0145. The summed E-state index contributed by atoms with van der Waals surface area (Å²) in [5.74, 6) is 3.04. The lowest BCUT2D eigenvalue weighted by Gasteiger charge is -2.38. The molecule has 0 aromatic heterocycles. The number of nitrogens with one attached hydrogen (secondary N) is 2. The van der Waals surface area contributed by atoms with Crippen LogP contribution in [-0.4, -0.2) is 57.3 Å². The molecule has 1 fully saturated rings. The number of carbonyl (C=O) groups excluding carboxylic acids is 1.